The Morgan fingerprint density at radius 1 is 1.14 bits per heavy atom. The van der Waals surface area contributed by atoms with Crippen LogP contribution in [0.5, 0.6) is 0 Å². The number of rotatable bonds is 3. The predicted octanol–water partition coefficient (Wildman–Crippen LogP) is 3.43. The number of likely N-dealkylation sites (tertiary alicyclic amines) is 1. The monoisotopic (exact) mass is 297 g/mol. The molecule has 0 aromatic rings. The first-order valence-corrected chi connectivity index (χ1v) is 8.48. The lowest BCUT2D eigenvalue weighted by molar-refractivity contribution is 0.0280. The number of ether oxygens (including phenoxy) is 1. The number of aliphatic hydroxyl groups excluding tert-OH is 1. The van der Waals surface area contributed by atoms with Gasteiger partial charge in [0.25, 0.3) is 0 Å². The van der Waals surface area contributed by atoms with Gasteiger partial charge in [-0.05, 0) is 39.0 Å². The van der Waals surface area contributed by atoms with Gasteiger partial charge in [0.1, 0.15) is 5.60 Å². The minimum atomic E-state index is -0.451. The van der Waals surface area contributed by atoms with Crippen molar-refractivity contribution in [3.8, 4) is 0 Å². The molecule has 2 atom stereocenters. The van der Waals surface area contributed by atoms with Crippen LogP contribution < -0.4 is 0 Å². The Labute approximate surface area is 128 Å². The average Bonchev–Trinajstić information content (AvgIpc) is 2.81. The van der Waals surface area contributed by atoms with E-state index in [0.29, 0.717) is 12.5 Å². The molecule has 1 heterocycles. The zero-order valence-electron chi connectivity index (χ0n) is 13.8. The summed E-state index contributed by atoms with van der Waals surface area (Å²) in [4.78, 5) is 14.0. The van der Waals surface area contributed by atoms with Crippen LogP contribution in [0.25, 0.3) is 0 Å². The lowest BCUT2D eigenvalue weighted by atomic mass is 9.80. The van der Waals surface area contributed by atoms with Gasteiger partial charge in [0.15, 0.2) is 0 Å². The van der Waals surface area contributed by atoms with Crippen molar-refractivity contribution in [1.82, 2.24) is 4.90 Å². The summed E-state index contributed by atoms with van der Waals surface area (Å²) in [6.45, 7) is 7.24. The zero-order chi connectivity index (χ0) is 15.5. The number of aliphatic hydroxyl groups is 1. The minimum absolute atomic E-state index is 0.177. The Kier molecular flexibility index (Phi) is 5.53. The van der Waals surface area contributed by atoms with E-state index in [1.807, 2.05) is 20.8 Å². The molecule has 4 nitrogen and oxygen atoms in total. The molecule has 0 radical (unpaired) electrons. The molecule has 1 amide bonds. The molecule has 0 spiro atoms. The van der Waals surface area contributed by atoms with Crippen LogP contribution in [-0.4, -0.2) is 41.4 Å². The summed E-state index contributed by atoms with van der Waals surface area (Å²) in [6.07, 6.45) is 7.63. The first-order chi connectivity index (χ1) is 9.89. The Morgan fingerprint density at radius 2 is 1.76 bits per heavy atom. The number of nitrogens with zero attached hydrogens (tertiary/aromatic N) is 1. The van der Waals surface area contributed by atoms with Gasteiger partial charge in [0, 0.05) is 25.6 Å². The van der Waals surface area contributed by atoms with Gasteiger partial charge in [-0.2, -0.15) is 0 Å². The molecular weight excluding hydrogens is 266 g/mol. The predicted molar refractivity (Wildman–Crippen MR) is 83.1 cm³/mol. The number of carbonyl (C=O) groups excluding carboxylic acids is 1. The van der Waals surface area contributed by atoms with Crippen molar-refractivity contribution in [3.05, 3.63) is 0 Å². The molecule has 2 aliphatic rings. The van der Waals surface area contributed by atoms with E-state index in [4.69, 9.17) is 4.74 Å². The molecule has 1 saturated carbocycles. The van der Waals surface area contributed by atoms with Crippen LogP contribution in [0.15, 0.2) is 0 Å². The van der Waals surface area contributed by atoms with Crippen LogP contribution in [0.4, 0.5) is 4.79 Å². The molecule has 4 heteroatoms. The topological polar surface area (TPSA) is 49.8 Å². The van der Waals surface area contributed by atoms with Gasteiger partial charge in [-0.1, -0.05) is 32.1 Å². The number of hydrogen-bond donors (Lipinski definition) is 1. The molecule has 2 fully saturated rings. The van der Waals surface area contributed by atoms with E-state index >= 15 is 0 Å². The van der Waals surface area contributed by atoms with Crippen LogP contribution in [0.3, 0.4) is 0 Å². The Hall–Kier alpha value is -0.770. The second-order valence-electron chi connectivity index (χ2n) is 7.83. The van der Waals surface area contributed by atoms with E-state index in [2.05, 4.69) is 0 Å². The summed E-state index contributed by atoms with van der Waals surface area (Å²) in [5.41, 5.74) is -0.451. The second-order valence-corrected chi connectivity index (χ2v) is 7.83. The Morgan fingerprint density at radius 3 is 2.33 bits per heavy atom. The van der Waals surface area contributed by atoms with Crippen molar-refractivity contribution in [2.24, 2.45) is 17.8 Å². The van der Waals surface area contributed by atoms with Crippen molar-refractivity contribution in [1.29, 1.82) is 0 Å². The fourth-order valence-corrected chi connectivity index (χ4v) is 3.74. The highest BCUT2D eigenvalue weighted by Crippen LogP contribution is 2.35. The first kappa shape index (κ1) is 16.6. The van der Waals surface area contributed by atoms with Gasteiger partial charge < -0.3 is 14.7 Å². The molecule has 2 rings (SSSR count). The fourth-order valence-electron chi connectivity index (χ4n) is 3.74. The summed E-state index contributed by atoms with van der Waals surface area (Å²) >= 11 is 0. The van der Waals surface area contributed by atoms with Gasteiger partial charge in [-0.25, -0.2) is 4.79 Å². The molecule has 21 heavy (non-hydrogen) atoms. The van der Waals surface area contributed by atoms with Crippen LogP contribution in [0.1, 0.15) is 59.3 Å². The molecule has 1 aliphatic carbocycles. The Balaban J connectivity index is 1.88. The summed E-state index contributed by atoms with van der Waals surface area (Å²) in [5.74, 6) is 1.45. The summed E-state index contributed by atoms with van der Waals surface area (Å²) in [5, 5.41) is 9.62. The third kappa shape index (κ3) is 4.87. The van der Waals surface area contributed by atoms with E-state index in [-0.39, 0.29) is 18.6 Å². The lowest BCUT2D eigenvalue weighted by Crippen LogP contribution is -2.35. The van der Waals surface area contributed by atoms with Gasteiger partial charge in [-0.3, -0.25) is 0 Å². The normalized spacial score (nSPS) is 27.9. The van der Waals surface area contributed by atoms with Gasteiger partial charge in [0.2, 0.25) is 0 Å². The largest absolute Gasteiger partial charge is 0.444 e. The van der Waals surface area contributed by atoms with Gasteiger partial charge in [0.05, 0.1) is 0 Å². The molecule has 0 bridgehead atoms. The maximum atomic E-state index is 12.2. The number of amides is 1. The molecule has 1 aliphatic heterocycles. The van der Waals surface area contributed by atoms with Crippen molar-refractivity contribution in [2.45, 2.75) is 64.9 Å². The van der Waals surface area contributed by atoms with Crippen molar-refractivity contribution in [2.75, 3.05) is 19.7 Å². The molecule has 1 saturated heterocycles. The van der Waals surface area contributed by atoms with E-state index in [0.717, 1.165) is 18.9 Å². The quantitative estimate of drug-likeness (QED) is 0.868. The fraction of sp³-hybridized carbons (Fsp3) is 0.941. The van der Waals surface area contributed by atoms with Gasteiger partial charge >= 0.3 is 6.09 Å². The lowest BCUT2D eigenvalue weighted by Gasteiger charge is -2.26. The Bertz CT molecular complexity index is 344. The van der Waals surface area contributed by atoms with Crippen LogP contribution >= 0.6 is 0 Å². The third-order valence-corrected chi connectivity index (χ3v) is 4.82. The molecular formula is C17H31NO3. The van der Waals surface area contributed by atoms with Gasteiger partial charge in [-0.15, -0.1) is 0 Å². The van der Waals surface area contributed by atoms with E-state index in [1.54, 1.807) is 4.90 Å². The highest BCUT2D eigenvalue weighted by atomic mass is 16.6. The summed E-state index contributed by atoms with van der Waals surface area (Å²) < 4.78 is 5.46. The molecule has 1 N–H and O–H groups in total. The van der Waals surface area contributed by atoms with Crippen LogP contribution in [-0.2, 0) is 4.74 Å². The van der Waals surface area contributed by atoms with E-state index < -0.39 is 5.60 Å². The van der Waals surface area contributed by atoms with Crippen LogP contribution in [0.2, 0.25) is 0 Å². The number of carbonyl (C=O) groups is 1. The highest BCUT2D eigenvalue weighted by molar-refractivity contribution is 5.68. The zero-order valence-corrected chi connectivity index (χ0v) is 13.8. The maximum Gasteiger partial charge on any atom is 0.410 e. The maximum absolute atomic E-state index is 12.2. The molecule has 0 unspecified atom stereocenters. The highest BCUT2D eigenvalue weighted by Gasteiger charge is 2.37. The average molecular weight is 297 g/mol. The third-order valence-electron chi connectivity index (χ3n) is 4.82. The van der Waals surface area contributed by atoms with E-state index in [1.165, 1.54) is 32.1 Å². The SMILES string of the molecule is CC(C)(C)OC(=O)N1C[C@@H](CC2CCCCC2)[C@@H](CO)C1. The molecule has 0 aromatic heterocycles. The summed E-state index contributed by atoms with van der Waals surface area (Å²) in [6, 6.07) is 0. The smallest absolute Gasteiger partial charge is 0.410 e. The van der Waals surface area contributed by atoms with Crippen molar-refractivity contribution < 1.29 is 14.6 Å². The summed E-state index contributed by atoms with van der Waals surface area (Å²) in [7, 11) is 0. The molecule has 0 aromatic carbocycles. The second kappa shape index (κ2) is 6.99. The number of hydrogen-bond acceptors (Lipinski definition) is 3. The van der Waals surface area contributed by atoms with Crippen molar-refractivity contribution in [3.63, 3.8) is 0 Å². The minimum Gasteiger partial charge on any atom is -0.444 e. The van der Waals surface area contributed by atoms with Crippen molar-refractivity contribution >= 4 is 6.09 Å². The molecule has 122 valence electrons. The standard InChI is InChI=1S/C17H31NO3/c1-17(2,3)21-16(20)18-10-14(15(11-18)12-19)9-13-7-5-4-6-8-13/h13-15,19H,4-12H2,1-3H3/t14-,15-/m1/s1. The first-order valence-electron chi connectivity index (χ1n) is 8.48. The van der Waals surface area contributed by atoms with Crippen LogP contribution in [0, 0.1) is 17.8 Å². The van der Waals surface area contributed by atoms with E-state index in [9.17, 15) is 9.90 Å².